The van der Waals surface area contributed by atoms with E-state index in [4.69, 9.17) is 0 Å². The van der Waals surface area contributed by atoms with Crippen molar-refractivity contribution in [3.8, 4) is 0 Å². The van der Waals surface area contributed by atoms with Gasteiger partial charge < -0.3 is 0 Å². The molecule has 1 aliphatic carbocycles. The van der Waals surface area contributed by atoms with Crippen LogP contribution < -0.4 is 0 Å². The summed E-state index contributed by atoms with van der Waals surface area (Å²) in [7, 11) is 0. The number of rotatable bonds is 3. The lowest BCUT2D eigenvalue weighted by Gasteiger charge is -2.26. The third-order valence-electron chi connectivity index (χ3n) is 3.17. The Kier molecular flexibility index (Phi) is 3.09. The minimum Gasteiger partial charge on any atom is -0.103 e. The quantitative estimate of drug-likeness (QED) is 0.639. The fourth-order valence-corrected chi connectivity index (χ4v) is 2.10. The van der Waals surface area contributed by atoms with Gasteiger partial charge in [-0.1, -0.05) is 61.6 Å². The van der Waals surface area contributed by atoms with Crippen molar-refractivity contribution in [3.05, 3.63) is 66.8 Å². The Balaban J connectivity index is 2.17. The van der Waals surface area contributed by atoms with E-state index < -0.39 is 0 Å². The molecule has 0 aliphatic heterocycles. The Morgan fingerprint density at radius 1 is 1.31 bits per heavy atom. The summed E-state index contributed by atoms with van der Waals surface area (Å²) in [4.78, 5) is 0. The van der Waals surface area contributed by atoms with Gasteiger partial charge in [0.1, 0.15) is 0 Å². The molecule has 0 fully saturated rings. The first-order valence-corrected chi connectivity index (χ1v) is 5.79. The van der Waals surface area contributed by atoms with Crippen LogP contribution in [-0.4, -0.2) is 0 Å². The van der Waals surface area contributed by atoms with Gasteiger partial charge in [0.05, 0.1) is 0 Å². The van der Waals surface area contributed by atoms with Crippen molar-refractivity contribution in [1.29, 1.82) is 0 Å². The molecule has 0 amide bonds. The maximum Gasteiger partial charge on any atom is -0.00741 e. The second-order valence-electron chi connectivity index (χ2n) is 4.71. The number of allylic oxidation sites excluding steroid dienone is 5. The van der Waals surface area contributed by atoms with E-state index in [1.165, 1.54) is 11.1 Å². The molecule has 1 aliphatic rings. The van der Waals surface area contributed by atoms with Crippen molar-refractivity contribution in [1.82, 2.24) is 0 Å². The van der Waals surface area contributed by atoms with Crippen molar-refractivity contribution in [3.63, 3.8) is 0 Å². The highest BCUT2D eigenvalue weighted by Crippen LogP contribution is 2.35. The predicted molar refractivity (Wildman–Crippen MR) is 71.1 cm³/mol. The lowest BCUT2D eigenvalue weighted by molar-refractivity contribution is 0.438. The molecule has 0 nitrogen and oxygen atoms in total. The SMILES string of the molecule is C=CCC1(C)C=CC(c2ccccc2)=CC1. The minimum atomic E-state index is 0.264. The zero-order valence-corrected chi connectivity index (χ0v) is 9.82. The fourth-order valence-electron chi connectivity index (χ4n) is 2.10. The summed E-state index contributed by atoms with van der Waals surface area (Å²) in [5, 5.41) is 0. The molecule has 1 aromatic rings. The highest BCUT2D eigenvalue weighted by atomic mass is 14.2. The third kappa shape index (κ3) is 2.33. The van der Waals surface area contributed by atoms with Crippen LogP contribution in [0.15, 0.2) is 61.2 Å². The van der Waals surface area contributed by atoms with E-state index in [1.54, 1.807) is 0 Å². The van der Waals surface area contributed by atoms with Gasteiger partial charge in [-0.25, -0.2) is 0 Å². The van der Waals surface area contributed by atoms with E-state index in [-0.39, 0.29) is 5.41 Å². The Labute approximate surface area is 98.0 Å². The van der Waals surface area contributed by atoms with Gasteiger partial charge in [-0.05, 0) is 29.4 Å². The molecule has 0 aromatic heterocycles. The van der Waals surface area contributed by atoms with Gasteiger partial charge in [0, 0.05) is 0 Å². The van der Waals surface area contributed by atoms with Crippen LogP contribution in [0.1, 0.15) is 25.3 Å². The Morgan fingerprint density at radius 2 is 2.06 bits per heavy atom. The number of hydrogen-bond acceptors (Lipinski definition) is 0. The van der Waals surface area contributed by atoms with E-state index in [0.717, 1.165) is 12.8 Å². The first-order chi connectivity index (χ1) is 7.73. The normalized spacial score (nSPS) is 23.9. The molecular formula is C16H18. The topological polar surface area (TPSA) is 0 Å². The van der Waals surface area contributed by atoms with E-state index in [9.17, 15) is 0 Å². The minimum absolute atomic E-state index is 0.264. The molecule has 0 radical (unpaired) electrons. The molecular weight excluding hydrogens is 192 g/mol. The van der Waals surface area contributed by atoms with Crippen molar-refractivity contribution in [2.75, 3.05) is 0 Å². The average Bonchev–Trinajstić information content (AvgIpc) is 2.31. The summed E-state index contributed by atoms with van der Waals surface area (Å²) in [6, 6.07) is 10.5. The summed E-state index contributed by atoms with van der Waals surface area (Å²) in [6.07, 6.45) is 11.0. The van der Waals surface area contributed by atoms with Gasteiger partial charge in [0.2, 0.25) is 0 Å². The summed E-state index contributed by atoms with van der Waals surface area (Å²) >= 11 is 0. The maximum absolute atomic E-state index is 3.82. The van der Waals surface area contributed by atoms with E-state index in [1.807, 2.05) is 6.08 Å². The summed E-state index contributed by atoms with van der Waals surface area (Å²) in [5.41, 5.74) is 2.90. The smallest absolute Gasteiger partial charge is 0.00741 e. The van der Waals surface area contributed by atoms with Crippen LogP contribution in [0.5, 0.6) is 0 Å². The zero-order valence-electron chi connectivity index (χ0n) is 9.82. The molecule has 0 saturated heterocycles. The molecule has 0 N–H and O–H groups in total. The molecule has 1 aromatic carbocycles. The van der Waals surface area contributed by atoms with Crippen LogP contribution in [0.4, 0.5) is 0 Å². The fraction of sp³-hybridized carbons (Fsp3) is 0.250. The van der Waals surface area contributed by atoms with Gasteiger partial charge in [-0.3, -0.25) is 0 Å². The first-order valence-electron chi connectivity index (χ1n) is 5.79. The van der Waals surface area contributed by atoms with Crippen LogP contribution >= 0.6 is 0 Å². The van der Waals surface area contributed by atoms with Gasteiger partial charge in [-0.15, -0.1) is 6.58 Å². The predicted octanol–water partition coefficient (Wildman–Crippen LogP) is 4.61. The molecule has 0 heteroatoms. The molecule has 82 valence electrons. The molecule has 0 bridgehead atoms. The summed E-state index contributed by atoms with van der Waals surface area (Å²) in [6.45, 7) is 6.10. The molecule has 0 spiro atoms. The standard InChI is InChI=1S/C16H18/c1-3-11-16(2)12-9-15(10-13-16)14-7-5-4-6-8-14/h3-10,12H,1,11,13H2,2H3. The van der Waals surface area contributed by atoms with Gasteiger partial charge in [0.25, 0.3) is 0 Å². The highest BCUT2D eigenvalue weighted by molar-refractivity contribution is 5.75. The second-order valence-corrected chi connectivity index (χ2v) is 4.71. The molecule has 0 heterocycles. The van der Waals surface area contributed by atoms with Gasteiger partial charge in [-0.2, -0.15) is 0 Å². The average molecular weight is 210 g/mol. The zero-order chi connectivity index (χ0) is 11.4. The molecule has 16 heavy (non-hydrogen) atoms. The van der Waals surface area contributed by atoms with Crippen molar-refractivity contribution >= 4 is 5.57 Å². The molecule has 1 unspecified atom stereocenters. The highest BCUT2D eigenvalue weighted by Gasteiger charge is 2.20. The van der Waals surface area contributed by atoms with Crippen LogP contribution in [0.3, 0.4) is 0 Å². The second kappa shape index (κ2) is 4.52. The molecule has 2 rings (SSSR count). The van der Waals surface area contributed by atoms with E-state index in [2.05, 4.69) is 62.1 Å². The Hall–Kier alpha value is -1.56. The monoisotopic (exact) mass is 210 g/mol. The van der Waals surface area contributed by atoms with Crippen LogP contribution in [0, 0.1) is 5.41 Å². The first kappa shape index (κ1) is 10.9. The van der Waals surface area contributed by atoms with Gasteiger partial charge in [0.15, 0.2) is 0 Å². The number of hydrogen-bond donors (Lipinski definition) is 0. The van der Waals surface area contributed by atoms with Crippen molar-refractivity contribution < 1.29 is 0 Å². The Morgan fingerprint density at radius 3 is 2.62 bits per heavy atom. The summed E-state index contributed by atoms with van der Waals surface area (Å²) < 4.78 is 0. The third-order valence-corrected chi connectivity index (χ3v) is 3.17. The lowest BCUT2D eigenvalue weighted by atomic mass is 9.78. The lowest BCUT2D eigenvalue weighted by Crippen LogP contribution is -2.13. The largest absolute Gasteiger partial charge is 0.103 e. The van der Waals surface area contributed by atoms with Crippen molar-refractivity contribution in [2.45, 2.75) is 19.8 Å². The van der Waals surface area contributed by atoms with Gasteiger partial charge >= 0.3 is 0 Å². The van der Waals surface area contributed by atoms with Crippen LogP contribution in [-0.2, 0) is 0 Å². The van der Waals surface area contributed by atoms with Crippen LogP contribution in [0.25, 0.3) is 5.57 Å². The summed E-state index contributed by atoms with van der Waals surface area (Å²) in [5.74, 6) is 0. The maximum atomic E-state index is 3.82. The molecule has 0 saturated carbocycles. The van der Waals surface area contributed by atoms with Crippen molar-refractivity contribution in [2.24, 2.45) is 5.41 Å². The van der Waals surface area contributed by atoms with E-state index >= 15 is 0 Å². The van der Waals surface area contributed by atoms with Crippen LogP contribution in [0.2, 0.25) is 0 Å². The molecule has 1 atom stereocenters. The Bertz CT molecular complexity index is 423. The number of benzene rings is 1. The van der Waals surface area contributed by atoms with E-state index in [0.29, 0.717) is 0 Å².